The van der Waals surface area contributed by atoms with E-state index in [9.17, 15) is 8.42 Å². The van der Waals surface area contributed by atoms with Crippen LogP contribution in [-0.2, 0) is 16.6 Å². The first-order valence-corrected chi connectivity index (χ1v) is 12.1. The van der Waals surface area contributed by atoms with Gasteiger partial charge in [-0.05, 0) is 66.6 Å². The van der Waals surface area contributed by atoms with Crippen molar-refractivity contribution in [1.82, 2.24) is 4.31 Å². The summed E-state index contributed by atoms with van der Waals surface area (Å²) in [7, 11) is -0.543. The Morgan fingerprint density at radius 3 is 2.30 bits per heavy atom. The second kappa shape index (κ2) is 9.58. The van der Waals surface area contributed by atoms with Gasteiger partial charge in [0, 0.05) is 17.6 Å². The van der Waals surface area contributed by atoms with Crippen molar-refractivity contribution in [1.29, 1.82) is 0 Å². The molecule has 0 N–H and O–H groups in total. The van der Waals surface area contributed by atoms with Crippen molar-refractivity contribution < 1.29 is 17.9 Å². The average Bonchev–Trinajstić information content (AvgIpc) is 2.74. The standard InChI is InChI=1S/C23H30ClNO4S/c1-16-5-6-17(2)21(13-16)25(30(26,27)20-10-8-19(24)9-11-20)15-18-7-12-22(28-3)23(14-18)29-4/h7-12,14,16-17,21H,5-6,13,15H2,1-4H3. The van der Waals surface area contributed by atoms with E-state index < -0.39 is 10.0 Å². The van der Waals surface area contributed by atoms with Crippen molar-refractivity contribution in [3.05, 3.63) is 53.1 Å². The lowest BCUT2D eigenvalue weighted by molar-refractivity contribution is 0.153. The second-order valence-corrected chi connectivity index (χ2v) is 10.5. The van der Waals surface area contributed by atoms with Gasteiger partial charge in [0.2, 0.25) is 10.0 Å². The number of nitrogens with zero attached hydrogens (tertiary/aromatic N) is 1. The summed E-state index contributed by atoms with van der Waals surface area (Å²) in [6.45, 7) is 4.62. The molecule has 0 heterocycles. The zero-order valence-electron chi connectivity index (χ0n) is 18.0. The van der Waals surface area contributed by atoms with Crippen molar-refractivity contribution in [3.8, 4) is 11.5 Å². The molecule has 0 bridgehead atoms. The van der Waals surface area contributed by atoms with Crippen LogP contribution in [0.25, 0.3) is 0 Å². The molecule has 30 heavy (non-hydrogen) atoms. The van der Waals surface area contributed by atoms with Gasteiger partial charge in [0.25, 0.3) is 0 Å². The van der Waals surface area contributed by atoms with E-state index in [2.05, 4.69) is 13.8 Å². The Morgan fingerprint density at radius 1 is 1.00 bits per heavy atom. The van der Waals surface area contributed by atoms with Gasteiger partial charge in [-0.1, -0.05) is 37.9 Å². The average molecular weight is 452 g/mol. The maximum atomic E-state index is 13.7. The highest BCUT2D eigenvalue weighted by Crippen LogP contribution is 2.37. The molecule has 2 aromatic rings. The molecule has 1 aliphatic carbocycles. The monoisotopic (exact) mass is 451 g/mol. The van der Waals surface area contributed by atoms with Crippen LogP contribution in [0.4, 0.5) is 0 Å². The summed E-state index contributed by atoms with van der Waals surface area (Å²) in [4.78, 5) is 0.262. The van der Waals surface area contributed by atoms with Gasteiger partial charge in [-0.3, -0.25) is 0 Å². The first-order chi connectivity index (χ1) is 14.3. The van der Waals surface area contributed by atoms with Gasteiger partial charge in [0.1, 0.15) is 0 Å². The van der Waals surface area contributed by atoms with Crippen LogP contribution in [0.3, 0.4) is 0 Å². The lowest BCUT2D eigenvalue weighted by atomic mass is 9.80. The zero-order chi connectivity index (χ0) is 21.9. The van der Waals surface area contributed by atoms with E-state index >= 15 is 0 Å². The van der Waals surface area contributed by atoms with E-state index in [4.69, 9.17) is 21.1 Å². The molecule has 1 fully saturated rings. The topological polar surface area (TPSA) is 55.8 Å². The molecule has 0 spiro atoms. The van der Waals surface area contributed by atoms with Gasteiger partial charge < -0.3 is 9.47 Å². The predicted octanol–water partition coefficient (Wildman–Crippen LogP) is 5.37. The fourth-order valence-corrected chi connectivity index (χ4v) is 6.03. The molecule has 0 aromatic heterocycles. The lowest BCUT2D eigenvalue weighted by Gasteiger charge is -2.40. The molecule has 164 valence electrons. The Hall–Kier alpha value is -1.76. The molecule has 0 aliphatic heterocycles. The normalized spacial score (nSPS) is 22.1. The molecular formula is C23H30ClNO4S. The zero-order valence-corrected chi connectivity index (χ0v) is 19.5. The van der Waals surface area contributed by atoms with E-state index in [1.165, 1.54) is 0 Å². The number of hydrogen-bond donors (Lipinski definition) is 0. The molecular weight excluding hydrogens is 422 g/mol. The number of methoxy groups -OCH3 is 2. The summed E-state index contributed by atoms with van der Waals surface area (Å²) in [6.07, 6.45) is 2.99. The summed E-state index contributed by atoms with van der Waals surface area (Å²) < 4.78 is 39.8. The lowest BCUT2D eigenvalue weighted by Crippen LogP contribution is -2.46. The maximum absolute atomic E-state index is 13.7. The summed E-state index contributed by atoms with van der Waals surface area (Å²) in [5.74, 6) is 1.97. The van der Waals surface area contributed by atoms with E-state index in [0.717, 1.165) is 24.8 Å². The quantitative estimate of drug-likeness (QED) is 0.567. The number of sulfonamides is 1. The van der Waals surface area contributed by atoms with Gasteiger partial charge >= 0.3 is 0 Å². The van der Waals surface area contributed by atoms with Crippen molar-refractivity contribution in [2.75, 3.05) is 14.2 Å². The van der Waals surface area contributed by atoms with Crippen molar-refractivity contribution >= 4 is 21.6 Å². The molecule has 2 aromatic carbocycles. The van der Waals surface area contributed by atoms with Crippen molar-refractivity contribution in [2.45, 2.75) is 50.6 Å². The summed E-state index contributed by atoms with van der Waals surface area (Å²) >= 11 is 5.99. The molecule has 0 saturated heterocycles. The van der Waals surface area contributed by atoms with Crippen LogP contribution in [0.1, 0.15) is 38.7 Å². The fourth-order valence-electron chi connectivity index (χ4n) is 4.18. The highest BCUT2D eigenvalue weighted by atomic mass is 35.5. The van der Waals surface area contributed by atoms with E-state index in [0.29, 0.717) is 22.4 Å². The van der Waals surface area contributed by atoms with Gasteiger partial charge in [0.15, 0.2) is 11.5 Å². The number of rotatable bonds is 7. The Labute approximate surface area is 185 Å². The number of ether oxygens (including phenoxy) is 2. The third-order valence-corrected chi connectivity index (χ3v) is 8.13. The van der Waals surface area contributed by atoms with E-state index in [1.807, 2.05) is 18.2 Å². The Bertz CT molecular complexity index is 962. The number of benzene rings is 2. The fraction of sp³-hybridized carbons (Fsp3) is 0.478. The second-order valence-electron chi connectivity index (χ2n) is 8.16. The molecule has 0 radical (unpaired) electrons. The van der Waals surface area contributed by atoms with Crippen LogP contribution in [0.15, 0.2) is 47.4 Å². The highest BCUT2D eigenvalue weighted by Gasteiger charge is 2.37. The largest absolute Gasteiger partial charge is 0.493 e. The summed E-state index contributed by atoms with van der Waals surface area (Å²) in [5.41, 5.74) is 0.857. The van der Waals surface area contributed by atoms with Crippen LogP contribution in [-0.4, -0.2) is 33.0 Å². The predicted molar refractivity (Wildman–Crippen MR) is 120 cm³/mol. The van der Waals surface area contributed by atoms with Crippen LogP contribution in [0.2, 0.25) is 5.02 Å². The van der Waals surface area contributed by atoms with Gasteiger partial charge in [-0.2, -0.15) is 4.31 Å². The molecule has 1 aliphatic rings. The van der Waals surface area contributed by atoms with Crippen LogP contribution in [0.5, 0.6) is 11.5 Å². The van der Waals surface area contributed by atoms with Gasteiger partial charge in [-0.25, -0.2) is 8.42 Å². The van der Waals surface area contributed by atoms with Gasteiger partial charge in [0.05, 0.1) is 19.1 Å². The minimum Gasteiger partial charge on any atom is -0.493 e. The molecule has 3 unspecified atom stereocenters. The molecule has 5 nitrogen and oxygen atoms in total. The number of halogens is 1. The van der Waals surface area contributed by atoms with Crippen molar-refractivity contribution in [3.63, 3.8) is 0 Å². The van der Waals surface area contributed by atoms with E-state index in [-0.39, 0.29) is 23.4 Å². The van der Waals surface area contributed by atoms with Crippen LogP contribution in [0, 0.1) is 11.8 Å². The minimum absolute atomic E-state index is 0.0671. The molecule has 3 atom stereocenters. The first kappa shape index (κ1) is 22.9. The van der Waals surface area contributed by atoms with Gasteiger partial charge in [-0.15, -0.1) is 0 Å². The number of hydrogen-bond acceptors (Lipinski definition) is 4. The smallest absolute Gasteiger partial charge is 0.243 e. The Balaban J connectivity index is 2.02. The van der Waals surface area contributed by atoms with Crippen LogP contribution < -0.4 is 9.47 Å². The van der Waals surface area contributed by atoms with Crippen molar-refractivity contribution in [2.24, 2.45) is 11.8 Å². The molecule has 7 heteroatoms. The van der Waals surface area contributed by atoms with Crippen LogP contribution >= 0.6 is 11.6 Å². The maximum Gasteiger partial charge on any atom is 0.243 e. The third kappa shape index (κ3) is 4.93. The summed E-state index contributed by atoms with van der Waals surface area (Å²) in [5, 5.41) is 0.514. The Morgan fingerprint density at radius 2 is 1.67 bits per heavy atom. The first-order valence-electron chi connectivity index (χ1n) is 10.2. The van der Waals surface area contributed by atoms with E-state index in [1.54, 1.807) is 42.8 Å². The molecule has 3 rings (SSSR count). The Kier molecular flexibility index (Phi) is 7.32. The molecule has 1 saturated carbocycles. The molecule has 0 amide bonds. The minimum atomic E-state index is -3.70. The highest BCUT2D eigenvalue weighted by molar-refractivity contribution is 7.89. The third-order valence-electron chi connectivity index (χ3n) is 5.99. The SMILES string of the molecule is COc1ccc(CN(C2CC(C)CCC2C)S(=O)(=O)c2ccc(Cl)cc2)cc1OC. The summed E-state index contributed by atoms with van der Waals surface area (Å²) in [6, 6.07) is 11.9.